The van der Waals surface area contributed by atoms with E-state index in [1.807, 2.05) is 12.1 Å². The summed E-state index contributed by atoms with van der Waals surface area (Å²) in [6, 6.07) is 7.55. The number of urea groups is 1. The molecule has 69 heavy (non-hydrogen) atoms. The summed E-state index contributed by atoms with van der Waals surface area (Å²) in [6.45, 7) is 3.50. The summed E-state index contributed by atoms with van der Waals surface area (Å²) in [5.41, 5.74) is 6.95. The van der Waals surface area contributed by atoms with Gasteiger partial charge in [0, 0.05) is 101 Å². The van der Waals surface area contributed by atoms with Crippen LogP contribution < -0.4 is 21.3 Å². The Bertz CT molecular complexity index is 2520. The van der Waals surface area contributed by atoms with E-state index in [9.17, 15) is 28.8 Å². The number of anilines is 1. The molecule has 3 aromatic rings. The lowest BCUT2D eigenvalue weighted by Crippen LogP contribution is -2.54. The van der Waals surface area contributed by atoms with Crippen molar-refractivity contribution in [1.29, 1.82) is 0 Å². The summed E-state index contributed by atoms with van der Waals surface area (Å²) in [5.74, 6) is -2.44. The van der Waals surface area contributed by atoms with Gasteiger partial charge in [-0.3, -0.25) is 43.9 Å². The minimum absolute atomic E-state index is 0.0635. The van der Waals surface area contributed by atoms with E-state index in [1.54, 1.807) is 49.5 Å². The summed E-state index contributed by atoms with van der Waals surface area (Å²) in [5, 5.41) is 16.5. The minimum Gasteiger partial charge on any atom is -0.385 e. The van der Waals surface area contributed by atoms with Crippen LogP contribution in [0.1, 0.15) is 162 Å². The molecule has 0 radical (unpaired) electrons. The number of aryl methyl sites for hydroxylation is 1. The van der Waals surface area contributed by atoms with Crippen molar-refractivity contribution in [2.75, 3.05) is 52.3 Å². The molecule has 0 saturated carbocycles. The second-order valence-corrected chi connectivity index (χ2v) is 18.5. The lowest BCUT2D eigenvalue weighted by molar-refractivity contribution is -0.136. The number of rotatable bonds is 18. The maximum atomic E-state index is 15.1. The van der Waals surface area contributed by atoms with Gasteiger partial charge in [-0.2, -0.15) is 5.10 Å². The average molecular weight is 952 g/mol. The van der Waals surface area contributed by atoms with E-state index in [4.69, 9.17) is 9.84 Å². The number of carbonyl (C=O) groups excluding carboxylic acids is 6. The third kappa shape index (κ3) is 11.0. The van der Waals surface area contributed by atoms with Gasteiger partial charge in [0.2, 0.25) is 17.7 Å². The van der Waals surface area contributed by atoms with Crippen LogP contribution in [0.4, 0.5) is 19.3 Å². The first kappa shape index (κ1) is 49.1. The first-order valence-corrected chi connectivity index (χ1v) is 24.6. The molecule has 4 N–H and O–H groups in total. The molecule has 0 spiro atoms. The predicted octanol–water partition coefficient (Wildman–Crippen LogP) is 6.78. The van der Waals surface area contributed by atoms with Gasteiger partial charge >= 0.3 is 6.03 Å². The van der Waals surface area contributed by atoms with Gasteiger partial charge in [0.1, 0.15) is 6.04 Å². The van der Waals surface area contributed by atoms with E-state index in [2.05, 4.69) is 30.9 Å². The highest BCUT2D eigenvalue weighted by Crippen LogP contribution is 2.44. The highest BCUT2D eigenvalue weighted by molar-refractivity contribution is 6.23. The number of carbonyl (C=O) groups is 6. The highest BCUT2D eigenvalue weighted by Gasteiger charge is 2.45. The number of hydrogen-bond donors (Lipinski definition) is 4. The Morgan fingerprint density at radius 1 is 0.942 bits per heavy atom. The molecule has 2 fully saturated rings. The van der Waals surface area contributed by atoms with Crippen molar-refractivity contribution in [2.24, 2.45) is 4.99 Å². The molecule has 1 aliphatic carbocycles. The molecular formula is C51H63F2N9O7. The number of fused-ring (bicyclic) bond motifs is 3. The molecular weight excluding hydrogens is 889 g/mol. The maximum Gasteiger partial charge on any atom is 0.317 e. The van der Waals surface area contributed by atoms with Gasteiger partial charge < -0.3 is 25.6 Å². The normalized spacial score (nSPS) is 19.8. The van der Waals surface area contributed by atoms with Gasteiger partial charge in [-0.25, -0.2) is 13.6 Å². The van der Waals surface area contributed by atoms with Gasteiger partial charge in [0.25, 0.3) is 18.2 Å². The predicted molar refractivity (Wildman–Crippen MR) is 255 cm³/mol. The molecule has 5 heterocycles. The number of nitrogens with one attached hydrogen (secondary N) is 4. The van der Waals surface area contributed by atoms with Crippen LogP contribution in [0, 0.1) is 0 Å². The molecule has 4 aliphatic heterocycles. The first-order valence-electron chi connectivity index (χ1n) is 24.6. The number of aromatic nitrogens is 2. The zero-order valence-electron chi connectivity index (χ0n) is 39.5. The number of hydrogen-bond acceptors (Lipinski definition) is 10. The van der Waals surface area contributed by atoms with Crippen molar-refractivity contribution >= 4 is 53.0 Å². The monoisotopic (exact) mass is 951 g/mol. The zero-order chi connectivity index (χ0) is 48.6. The summed E-state index contributed by atoms with van der Waals surface area (Å²) >= 11 is 0. The number of unbranched alkanes of at least 4 members (excludes halogenated alkanes) is 4. The van der Waals surface area contributed by atoms with Gasteiger partial charge in [-0.1, -0.05) is 31.4 Å². The van der Waals surface area contributed by atoms with Crippen LogP contribution in [0.5, 0.6) is 0 Å². The number of ether oxygens (including phenoxy) is 1. The highest BCUT2D eigenvalue weighted by atomic mass is 19.3. The molecule has 2 atom stereocenters. The van der Waals surface area contributed by atoms with E-state index in [0.717, 1.165) is 97.2 Å². The topological polar surface area (TPSA) is 196 Å². The standard InChI is InChI=1S/C51H63F2N9O7/c1-54-29-32(11-9-13-44(63)57-22-7-5-3-4-6-21-56-33-14-15-36-40(27-33)50(67)61(49(36)66)43-16-17-45(64)58-48(43)65)37-26-31-10-8-12-35(38(31)28-39(37)47(52)53)46-41-30-60(51(68)55-2)23-18-42(41)62(59-46)34-19-24-69-25-20-34/h11,14-15,26-29,34-35,43,47,56H,3-10,12-13,16-25,30H2,1-2H3,(H,55,68)(H,57,63)(H,58,64,65)/b32-11+,54-29?. The van der Waals surface area contributed by atoms with Crippen LogP contribution >= 0.6 is 0 Å². The van der Waals surface area contributed by atoms with Crippen LogP contribution in [-0.2, 0) is 38.5 Å². The number of amides is 7. The Labute approximate surface area is 401 Å². The molecule has 8 rings (SSSR count). The first-order chi connectivity index (χ1) is 33.5. The van der Waals surface area contributed by atoms with E-state index in [0.29, 0.717) is 69.1 Å². The molecule has 2 saturated heterocycles. The number of nitrogens with zero attached hydrogens (tertiary/aromatic N) is 5. The Balaban J connectivity index is 0.815. The van der Waals surface area contributed by atoms with Gasteiger partial charge in [-0.05, 0) is 104 Å². The fourth-order valence-corrected chi connectivity index (χ4v) is 10.5. The molecule has 7 amide bonds. The Morgan fingerprint density at radius 2 is 1.71 bits per heavy atom. The quantitative estimate of drug-likeness (QED) is 0.0604. The number of alkyl halides is 2. The summed E-state index contributed by atoms with van der Waals surface area (Å²) in [4.78, 5) is 82.6. The molecule has 5 aliphatic rings. The number of benzene rings is 2. The van der Waals surface area contributed by atoms with E-state index < -0.39 is 36.1 Å². The van der Waals surface area contributed by atoms with Crippen molar-refractivity contribution in [2.45, 2.75) is 127 Å². The minimum atomic E-state index is -2.75. The molecule has 368 valence electrons. The van der Waals surface area contributed by atoms with Gasteiger partial charge in [0.15, 0.2) is 0 Å². The second kappa shape index (κ2) is 22.4. The van der Waals surface area contributed by atoms with E-state index in [1.165, 1.54) is 0 Å². The molecule has 2 unspecified atom stereocenters. The third-order valence-electron chi connectivity index (χ3n) is 14.1. The van der Waals surface area contributed by atoms with Gasteiger partial charge in [-0.15, -0.1) is 0 Å². The van der Waals surface area contributed by atoms with Crippen LogP contribution in [0.3, 0.4) is 0 Å². The SMILES string of the molecule is CN=C/C(=C\CCC(=O)NCCCCCCCNc1ccc2c(c1)C(=O)N(C1CCC(=O)NC1=O)C2=O)c1cc2c(cc1C(F)F)C(c1nn(C3CCOCC3)c3c1CN(C(=O)NC)CC3)CCC2. The van der Waals surface area contributed by atoms with E-state index in [-0.39, 0.29) is 59.9 Å². The lowest BCUT2D eigenvalue weighted by atomic mass is 9.77. The summed E-state index contributed by atoms with van der Waals surface area (Å²) < 4.78 is 38.0. The van der Waals surface area contributed by atoms with Crippen LogP contribution in [0.15, 0.2) is 41.4 Å². The molecule has 2 aromatic carbocycles. The lowest BCUT2D eigenvalue weighted by Gasteiger charge is -2.31. The maximum absolute atomic E-state index is 15.1. The van der Waals surface area contributed by atoms with Crippen LogP contribution in [-0.4, -0.2) is 114 Å². The molecule has 1 aromatic heterocycles. The van der Waals surface area contributed by atoms with Crippen molar-refractivity contribution in [3.05, 3.63) is 86.7 Å². The van der Waals surface area contributed by atoms with Crippen molar-refractivity contribution < 1.29 is 42.3 Å². The summed E-state index contributed by atoms with van der Waals surface area (Å²) in [6.07, 6.45) is 10.7. The Morgan fingerprint density at radius 3 is 2.46 bits per heavy atom. The number of imide groups is 2. The number of halogens is 2. The third-order valence-corrected chi connectivity index (χ3v) is 14.1. The Kier molecular flexibility index (Phi) is 16.0. The smallest absolute Gasteiger partial charge is 0.317 e. The zero-order valence-corrected chi connectivity index (χ0v) is 39.5. The fourth-order valence-electron chi connectivity index (χ4n) is 10.5. The molecule has 0 bridgehead atoms. The van der Waals surface area contributed by atoms with E-state index >= 15 is 8.78 Å². The molecule has 18 heteroatoms. The van der Waals surface area contributed by atoms with Crippen LogP contribution in [0.25, 0.3) is 5.57 Å². The van der Waals surface area contributed by atoms with Crippen molar-refractivity contribution in [3.8, 4) is 0 Å². The largest absolute Gasteiger partial charge is 0.385 e. The van der Waals surface area contributed by atoms with Gasteiger partial charge in [0.05, 0.1) is 29.4 Å². The summed E-state index contributed by atoms with van der Waals surface area (Å²) in [7, 11) is 3.23. The number of piperidine rings is 1. The van der Waals surface area contributed by atoms with Crippen molar-refractivity contribution in [3.63, 3.8) is 0 Å². The fraction of sp³-hybridized carbons (Fsp3) is 0.529. The average Bonchev–Trinajstić information content (AvgIpc) is 3.85. The van der Waals surface area contributed by atoms with Crippen molar-refractivity contribution in [1.82, 2.24) is 35.5 Å². The van der Waals surface area contributed by atoms with Crippen LogP contribution in [0.2, 0.25) is 0 Å². The second-order valence-electron chi connectivity index (χ2n) is 18.5. The Hall–Kier alpha value is -6.30. The molecule has 16 nitrogen and oxygen atoms in total. The number of aliphatic imine (C=N–C) groups is 1. The number of allylic oxidation sites excluding steroid dienone is 2.